The van der Waals surface area contributed by atoms with Gasteiger partial charge in [-0.15, -0.1) is 0 Å². The molecule has 1 aromatic heterocycles. The van der Waals surface area contributed by atoms with Gasteiger partial charge in [-0.25, -0.2) is 0 Å². The lowest BCUT2D eigenvalue weighted by atomic mass is 10.2. The zero-order valence-electron chi connectivity index (χ0n) is 12.5. The molecule has 3 rings (SSSR count). The Hall–Kier alpha value is -1.85. The van der Waals surface area contributed by atoms with Gasteiger partial charge in [-0.05, 0) is 24.6 Å². The van der Waals surface area contributed by atoms with Gasteiger partial charge >= 0.3 is 0 Å². The third-order valence-electron chi connectivity index (χ3n) is 4.07. The number of hydrogen-bond donors (Lipinski definition) is 1. The molecule has 2 heterocycles. The number of aromatic nitrogens is 2. The molecular weight excluding hydrogens is 300 g/mol. The van der Waals surface area contributed by atoms with Crippen LogP contribution in [-0.2, 0) is 6.54 Å². The number of likely N-dealkylation sites (N-methyl/N-ethyl adjacent to an activating group) is 1. The number of nitrogens with zero attached hydrogens (tertiary/aromatic N) is 3. The summed E-state index contributed by atoms with van der Waals surface area (Å²) < 4.78 is 1.75. The molecule has 1 atom stereocenters. The molecule has 2 aromatic rings. The molecule has 116 valence electrons. The van der Waals surface area contributed by atoms with Gasteiger partial charge in [0.2, 0.25) is 0 Å². The summed E-state index contributed by atoms with van der Waals surface area (Å²) in [6, 6.07) is 7.92. The molecular formula is C16H19ClN4O. The Bertz CT molecular complexity index is 664. The normalized spacial score (nSPS) is 17.6. The highest BCUT2D eigenvalue weighted by atomic mass is 35.5. The minimum Gasteiger partial charge on any atom is -0.337 e. The van der Waals surface area contributed by atoms with E-state index in [0.717, 1.165) is 25.1 Å². The van der Waals surface area contributed by atoms with E-state index in [4.69, 9.17) is 11.6 Å². The molecule has 1 fully saturated rings. The highest BCUT2D eigenvalue weighted by Crippen LogP contribution is 2.17. The molecule has 0 aliphatic carbocycles. The van der Waals surface area contributed by atoms with Crippen molar-refractivity contribution in [1.82, 2.24) is 20.0 Å². The predicted octanol–water partition coefficient (Wildman–Crippen LogP) is 2.02. The average Bonchev–Trinajstić information content (AvgIpc) is 3.19. The second kappa shape index (κ2) is 6.50. The Morgan fingerprint density at radius 3 is 3.05 bits per heavy atom. The zero-order chi connectivity index (χ0) is 15.5. The van der Waals surface area contributed by atoms with E-state index < -0.39 is 0 Å². The highest BCUT2D eigenvalue weighted by molar-refractivity contribution is 6.31. The largest absolute Gasteiger partial charge is 0.337 e. The van der Waals surface area contributed by atoms with E-state index in [0.29, 0.717) is 17.1 Å². The molecule has 1 unspecified atom stereocenters. The number of carbonyl (C=O) groups is 1. The Morgan fingerprint density at radius 2 is 2.32 bits per heavy atom. The van der Waals surface area contributed by atoms with Gasteiger partial charge < -0.3 is 10.2 Å². The van der Waals surface area contributed by atoms with Crippen LogP contribution in [0.3, 0.4) is 0 Å². The molecule has 1 amide bonds. The maximum absolute atomic E-state index is 12.5. The van der Waals surface area contributed by atoms with Gasteiger partial charge in [-0.2, -0.15) is 5.10 Å². The van der Waals surface area contributed by atoms with Crippen LogP contribution >= 0.6 is 11.6 Å². The summed E-state index contributed by atoms with van der Waals surface area (Å²) in [5, 5.41) is 8.26. The topological polar surface area (TPSA) is 50.2 Å². The summed E-state index contributed by atoms with van der Waals surface area (Å²) in [4.78, 5) is 14.3. The van der Waals surface area contributed by atoms with Crippen molar-refractivity contribution >= 4 is 17.5 Å². The van der Waals surface area contributed by atoms with Crippen molar-refractivity contribution in [3.63, 3.8) is 0 Å². The van der Waals surface area contributed by atoms with Crippen molar-refractivity contribution < 1.29 is 4.79 Å². The predicted molar refractivity (Wildman–Crippen MR) is 86.1 cm³/mol. The van der Waals surface area contributed by atoms with E-state index in [-0.39, 0.29) is 11.9 Å². The summed E-state index contributed by atoms with van der Waals surface area (Å²) in [5.74, 6) is 0.0131. The summed E-state index contributed by atoms with van der Waals surface area (Å²) in [6.07, 6.45) is 4.40. The molecule has 0 bridgehead atoms. The maximum atomic E-state index is 12.5. The standard InChI is InChI=1S/C16H19ClN4O/c1-20(14-6-7-18-9-14)16(22)13-8-19-21(11-13)10-12-4-2-3-5-15(12)17/h2-5,8,11,14,18H,6-7,9-10H2,1H3. The van der Waals surface area contributed by atoms with Crippen LogP contribution in [0.15, 0.2) is 36.7 Å². The first kappa shape index (κ1) is 15.1. The lowest BCUT2D eigenvalue weighted by Crippen LogP contribution is -2.38. The van der Waals surface area contributed by atoms with Crippen molar-refractivity contribution in [3.05, 3.63) is 52.8 Å². The van der Waals surface area contributed by atoms with Crippen LogP contribution in [0.4, 0.5) is 0 Å². The minimum absolute atomic E-state index is 0.0131. The average molecular weight is 319 g/mol. The first-order valence-corrected chi connectivity index (χ1v) is 7.76. The number of nitrogens with one attached hydrogen (secondary N) is 1. The molecule has 1 N–H and O–H groups in total. The lowest BCUT2D eigenvalue weighted by Gasteiger charge is -2.23. The van der Waals surface area contributed by atoms with Gasteiger partial charge in [0.05, 0.1) is 18.3 Å². The molecule has 22 heavy (non-hydrogen) atoms. The van der Waals surface area contributed by atoms with Gasteiger partial charge in [0.25, 0.3) is 5.91 Å². The number of amides is 1. The summed E-state index contributed by atoms with van der Waals surface area (Å²) in [5.41, 5.74) is 1.60. The Morgan fingerprint density at radius 1 is 1.50 bits per heavy atom. The molecule has 1 aliphatic heterocycles. The van der Waals surface area contributed by atoms with Gasteiger partial charge in [0.15, 0.2) is 0 Å². The van der Waals surface area contributed by atoms with Gasteiger partial charge in [-0.3, -0.25) is 9.48 Å². The third kappa shape index (κ3) is 3.15. The van der Waals surface area contributed by atoms with E-state index in [1.54, 1.807) is 22.0 Å². The summed E-state index contributed by atoms with van der Waals surface area (Å²) in [7, 11) is 1.85. The maximum Gasteiger partial charge on any atom is 0.257 e. The fraction of sp³-hybridized carbons (Fsp3) is 0.375. The Kier molecular flexibility index (Phi) is 4.45. The third-order valence-corrected chi connectivity index (χ3v) is 4.44. The second-order valence-electron chi connectivity index (χ2n) is 5.58. The Labute approximate surface area is 134 Å². The molecule has 1 saturated heterocycles. The second-order valence-corrected chi connectivity index (χ2v) is 5.99. The monoisotopic (exact) mass is 318 g/mol. The van der Waals surface area contributed by atoms with E-state index in [1.165, 1.54) is 0 Å². The molecule has 1 aliphatic rings. The smallest absolute Gasteiger partial charge is 0.257 e. The first-order chi connectivity index (χ1) is 10.6. The molecule has 0 saturated carbocycles. The fourth-order valence-electron chi connectivity index (χ4n) is 2.70. The Balaban J connectivity index is 1.70. The van der Waals surface area contributed by atoms with Gasteiger partial charge in [0.1, 0.15) is 0 Å². The van der Waals surface area contributed by atoms with Crippen LogP contribution in [0, 0.1) is 0 Å². The minimum atomic E-state index is 0.0131. The summed E-state index contributed by atoms with van der Waals surface area (Å²) in [6.45, 7) is 2.38. The van der Waals surface area contributed by atoms with E-state index >= 15 is 0 Å². The van der Waals surface area contributed by atoms with Crippen LogP contribution < -0.4 is 5.32 Å². The number of halogens is 1. The molecule has 6 heteroatoms. The van der Waals surface area contributed by atoms with Crippen molar-refractivity contribution in [2.75, 3.05) is 20.1 Å². The van der Waals surface area contributed by atoms with Crippen molar-refractivity contribution in [1.29, 1.82) is 0 Å². The highest BCUT2D eigenvalue weighted by Gasteiger charge is 2.24. The molecule has 0 radical (unpaired) electrons. The van der Waals surface area contributed by atoms with Crippen molar-refractivity contribution in [2.24, 2.45) is 0 Å². The fourth-order valence-corrected chi connectivity index (χ4v) is 2.90. The zero-order valence-corrected chi connectivity index (χ0v) is 13.3. The van der Waals surface area contributed by atoms with Crippen molar-refractivity contribution in [2.45, 2.75) is 19.0 Å². The van der Waals surface area contributed by atoms with Crippen LogP contribution in [-0.4, -0.2) is 46.8 Å². The van der Waals surface area contributed by atoms with Crippen LogP contribution in [0.25, 0.3) is 0 Å². The molecule has 0 spiro atoms. The number of benzene rings is 1. The van der Waals surface area contributed by atoms with Crippen LogP contribution in [0.1, 0.15) is 22.3 Å². The molecule has 1 aromatic carbocycles. The van der Waals surface area contributed by atoms with E-state index in [9.17, 15) is 4.79 Å². The van der Waals surface area contributed by atoms with Crippen molar-refractivity contribution in [3.8, 4) is 0 Å². The number of hydrogen-bond acceptors (Lipinski definition) is 3. The lowest BCUT2D eigenvalue weighted by molar-refractivity contribution is 0.0743. The summed E-state index contributed by atoms with van der Waals surface area (Å²) >= 11 is 6.16. The van der Waals surface area contributed by atoms with Crippen LogP contribution in [0.5, 0.6) is 0 Å². The quantitative estimate of drug-likeness (QED) is 0.938. The number of rotatable bonds is 4. The number of carbonyl (C=O) groups excluding carboxylic acids is 1. The van der Waals surface area contributed by atoms with E-state index in [2.05, 4.69) is 10.4 Å². The van der Waals surface area contributed by atoms with Gasteiger partial charge in [0, 0.05) is 30.9 Å². The molecule has 5 nitrogen and oxygen atoms in total. The van der Waals surface area contributed by atoms with Crippen LogP contribution in [0.2, 0.25) is 5.02 Å². The first-order valence-electron chi connectivity index (χ1n) is 7.39. The van der Waals surface area contributed by atoms with Gasteiger partial charge in [-0.1, -0.05) is 29.8 Å². The SMILES string of the molecule is CN(C(=O)c1cnn(Cc2ccccc2Cl)c1)C1CCNC1. The van der Waals surface area contributed by atoms with E-state index in [1.807, 2.05) is 31.3 Å².